The molecular formula is C19H20N2O3S. The van der Waals surface area contributed by atoms with Crippen molar-refractivity contribution < 1.29 is 13.2 Å². The van der Waals surface area contributed by atoms with E-state index < -0.39 is 15.4 Å². The molecule has 1 aliphatic heterocycles. The maximum atomic E-state index is 12.7. The van der Waals surface area contributed by atoms with Gasteiger partial charge in [0.25, 0.3) is 10.0 Å². The number of fused-ring (bicyclic) bond motifs is 2. The summed E-state index contributed by atoms with van der Waals surface area (Å²) in [6.07, 6.45) is 3.68. The van der Waals surface area contributed by atoms with Crippen LogP contribution in [0.4, 0.5) is 11.4 Å². The second-order valence-electron chi connectivity index (χ2n) is 6.87. The number of carbonyl (C=O) groups excluding carboxylic acids is 1. The number of rotatable bonds is 3. The Labute approximate surface area is 147 Å². The zero-order valence-corrected chi connectivity index (χ0v) is 14.8. The first kappa shape index (κ1) is 16.1. The zero-order chi connectivity index (χ0) is 17.7. The molecule has 5 nitrogen and oxygen atoms in total. The lowest BCUT2D eigenvalue weighted by Crippen LogP contribution is -2.31. The van der Waals surface area contributed by atoms with Gasteiger partial charge in [-0.3, -0.25) is 9.52 Å². The van der Waals surface area contributed by atoms with E-state index in [1.807, 2.05) is 12.1 Å². The van der Waals surface area contributed by atoms with E-state index in [0.29, 0.717) is 11.3 Å². The average Bonchev–Trinajstić information content (AvgIpc) is 3.16. The lowest BCUT2D eigenvalue weighted by Gasteiger charge is -2.21. The minimum Gasteiger partial charge on any atom is -0.325 e. The summed E-state index contributed by atoms with van der Waals surface area (Å²) in [5.74, 6) is 0.0407. The Bertz CT molecular complexity index is 960. The molecule has 0 bridgehead atoms. The number of amides is 1. The molecule has 2 N–H and O–H groups in total. The molecule has 2 aliphatic rings. The highest BCUT2D eigenvalue weighted by Gasteiger charge is 2.48. The van der Waals surface area contributed by atoms with Crippen LogP contribution in [0.2, 0.25) is 0 Å². The summed E-state index contributed by atoms with van der Waals surface area (Å²) in [6, 6.07) is 12.2. The summed E-state index contributed by atoms with van der Waals surface area (Å²) >= 11 is 0. The van der Waals surface area contributed by atoms with E-state index in [1.54, 1.807) is 37.3 Å². The van der Waals surface area contributed by atoms with Gasteiger partial charge >= 0.3 is 0 Å². The van der Waals surface area contributed by atoms with Gasteiger partial charge in [0.15, 0.2) is 0 Å². The SMILES string of the molecule is Cc1ccccc1S(=O)(=O)Nc1ccc2c(c1)C1(CCCC1)C(=O)N2. The Morgan fingerprint density at radius 2 is 1.80 bits per heavy atom. The van der Waals surface area contributed by atoms with E-state index in [2.05, 4.69) is 10.0 Å². The van der Waals surface area contributed by atoms with Gasteiger partial charge in [-0.1, -0.05) is 31.0 Å². The number of anilines is 2. The van der Waals surface area contributed by atoms with Gasteiger partial charge in [0.1, 0.15) is 0 Å². The first-order valence-electron chi connectivity index (χ1n) is 8.47. The van der Waals surface area contributed by atoms with Crippen LogP contribution in [0.3, 0.4) is 0 Å². The molecule has 1 fully saturated rings. The van der Waals surface area contributed by atoms with E-state index in [1.165, 1.54) is 0 Å². The molecule has 0 atom stereocenters. The van der Waals surface area contributed by atoms with Crippen LogP contribution in [0.1, 0.15) is 36.8 Å². The summed E-state index contributed by atoms with van der Waals surface area (Å²) in [7, 11) is -3.67. The fraction of sp³-hybridized carbons (Fsp3) is 0.316. The number of hydrogen-bond donors (Lipinski definition) is 2. The highest BCUT2D eigenvalue weighted by Crippen LogP contribution is 2.49. The van der Waals surface area contributed by atoms with Crippen molar-refractivity contribution in [3.8, 4) is 0 Å². The number of nitrogens with one attached hydrogen (secondary N) is 2. The number of sulfonamides is 1. The van der Waals surface area contributed by atoms with Crippen LogP contribution in [-0.4, -0.2) is 14.3 Å². The Balaban J connectivity index is 1.71. The van der Waals surface area contributed by atoms with Crippen molar-refractivity contribution in [3.63, 3.8) is 0 Å². The molecule has 1 aliphatic carbocycles. The molecule has 130 valence electrons. The number of carbonyl (C=O) groups is 1. The van der Waals surface area contributed by atoms with Crippen molar-refractivity contribution >= 4 is 27.3 Å². The normalized spacial score (nSPS) is 18.2. The predicted octanol–water partition coefficient (Wildman–Crippen LogP) is 3.56. The Kier molecular flexibility index (Phi) is 3.61. The number of benzene rings is 2. The predicted molar refractivity (Wildman–Crippen MR) is 97.2 cm³/mol. The highest BCUT2D eigenvalue weighted by molar-refractivity contribution is 7.92. The third-order valence-corrected chi connectivity index (χ3v) is 6.85. The van der Waals surface area contributed by atoms with Crippen molar-refractivity contribution in [2.75, 3.05) is 10.0 Å². The van der Waals surface area contributed by atoms with Crippen LogP contribution in [0.5, 0.6) is 0 Å². The molecule has 6 heteroatoms. The highest BCUT2D eigenvalue weighted by atomic mass is 32.2. The lowest BCUT2D eigenvalue weighted by atomic mass is 9.80. The summed E-state index contributed by atoms with van der Waals surface area (Å²) in [5, 5.41) is 2.94. The van der Waals surface area contributed by atoms with Crippen LogP contribution in [0.25, 0.3) is 0 Å². The molecular weight excluding hydrogens is 336 g/mol. The van der Waals surface area contributed by atoms with Crippen molar-refractivity contribution in [3.05, 3.63) is 53.6 Å². The van der Waals surface area contributed by atoms with Crippen LogP contribution >= 0.6 is 0 Å². The largest absolute Gasteiger partial charge is 0.325 e. The van der Waals surface area contributed by atoms with E-state index in [9.17, 15) is 13.2 Å². The van der Waals surface area contributed by atoms with Gasteiger partial charge in [0.2, 0.25) is 5.91 Å². The molecule has 2 aromatic carbocycles. The van der Waals surface area contributed by atoms with Gasteiger partial charge in [0.05, 0.1) is 10.3 Å². The third-order valence-electron chi connectivity index (χ3n) is 5.31. The minimum atomic E-state index is -3.67. The first-order chi connectivity index (χ1) is 11.9. The van der Waals surface area contributed by atoms with Crippen LogP contribution < -0.4 is 10.0 Å². The van der Waals surface area contributed by atoms with Crippen LogP contribution in [-0.2, 0) is 20.2 Å². The third kappa shape index (κ3) is 2.52. The van der Waals surface area contributed by atoms with Gasteiger partial charge in [-0.05, 0) is 55.2 Å². The second kappa shape index (κ2) is 5.59. The standard InChI is InChI=1S/C19H20N2O3S/c1-13-6-2-3-7-17(13)25(23,24)21-14-8-9-16-15(12-14)19(18(22)20-16)10-4-5-11-19/h2-3,6-9,12,21H,4-5,10-11H2,1H3,(H,20,22). The minimum absolute atomic E-state index is 0.0407. The van der Waals surface area contributed by atoms with E-state index in [4.69, 9.17) is 0 Å². The molecule has 1 amide bonds. The van der Waals surface area contributed by atoms with Gasteiger partial charge < -0.3 is 5.32 Å². The molecule has 0 aromatic heterocycles. The van der Waals surface area contributed by atoms with Crippen molar-refractivity contribution in [1.82, 2.24) is 0 Å². The molecule has 1 heterocycles. The van der Waals surface area contributed by atoms with Gasteiger partial charge in [-0.2, -0.15) is 0 Å². The number of aryl methyl sites for hydroxylation is 1. The molecule has 1 spiro atoms. The van der Waals surface area contributed by atoms with E-state index in [0.717, 1.165) is 36.9 Å². The Hall–Kier alpha value is -2.34. The van der Waals surface area contributed by atoms with Gasteiger partial charge in [-0.25, -0.2) is 8.42 Å². The van der Waals surface area contributed by atoms with Crippen molar-refractivity contribution in [2.24, 2.45) is 0 Å². The van der Waals surface area contributed by atoms with Gasteiger partial charge in [0, 0.05) is 11.4 Å². The smallest absolute Gasteiger partial charge is 0.262 e. The molecule has 25 heavy (non-hydrogen) atoms. The molecule has 0 saturated heterocycles. The Morgan fingerprint density at radius 1 is 1.08 bits per heavy atom. The maximum Gasteiger partial charge on any atom is 0.262 e. The van der Waals surface area contributed by atoms with Crippen LogP contribution in [0.15, 0.2) is 47.4 Å². The number of hydrogen-bond acceptors (Lipinski definition) is 3. The maximum absolute atomic E-state index is 12.7. The summed E-state index contributed by atoms with van der Waals surface area (Å²) in [5.41, 5.74) is 2.41. The van der Waals surface area contributed by atoms with E-state index in [-0.39, 0.29) is 10.8 Å². The van der Waals surface area contributed by atoms with Crippen molar-refractivity contribution in [2.45, 2.75) is 42.9 Å². The topological polar surface area (TPSA) is 75.3 Å². The fourth-order valence-electron chi connectivity index (χ4n) is 4.02. The summed E-state index contributed by atoms with van der Waals surface area (Å²) < 4.78 is 28.1. The molecule has 2 aromatic rings. The average molecular weight is 356 g/mol. The van der Waals surface area contributed by atoms with Crippen LogP contribution in [0, 0.1) is 6.92 Å². The zero-order valence-electron chi connectivity index (χ0n) is 14.0. The summed E-state index contributed by atoms with van der Waals surface area (Å²) in [4.78, 5) is 12.7. The monoisotopic (exact) mass is 356 g/mol. The first-order valence-corrected chi connectivity index (χ1v) is 9.95. The molecule has 1 saturated carbocycles. The molecule has 4 rings (SSSR count). The summed E-state index contributed by atoms with van der Waals surface area (Å²) in [6.45, 7) is 1.77. The van der Waals surface area contributed by atoms with E-state index >= 15 is 0 Å². The molecule has 0 radical (unpaired) electrons. The van der Waals surface area contributed by atoms with Crippen molar-refractivity contribution in [1.29, 1.82) is 0 Å². The Morgan fingerprint density at radius 3 is 2.52 bits per heavy atom. The molecule has 0 unspecified atom stereocenters. The lowest BCUT2D eigenvalue weighted by molar-refractivity contribution is -0.120. The quantitative estimate of drug-likeness (QED) is 0.883. The second-order valence-corrected chi connectivity index (χ2v) is 8.53. The fourth-order valence-corrected chi connectivity index (χ4v) is 5.32. The van der Waals surface area contributed by atoms with Gasteiger partial charge in [-0.15, -0.1) is 0 Å².